The van der Waals surface area contributed by atoms with Crippen molar-refractivity contribution < 1.29 is 14.2 Å². The van der Waals surface area contributed by atoms with Gasteiger partial charge in [-0.2, -0.15) is 0 Å². The molecule has 1 fully saturated rings. The van der Waals surface area contributed by atoms with Gasteiger partial charge in [-0.15, -0.1) is 0 Å². The highest BCUT2D eigenvalue weighted by Crippen LogP contribution is 2.24. The minimum atomic E-state index is 0.634. The molecule has 0 unspecified atom stereocenters. The highest BCUT2D eigenvalue weighted by Gasteiger charge is 2.20. The summed E-state index contributed by atoms with van der Waals surface area (Å²) in [4.78, 5) is 11.1. The fourth-order valence-corrected chi connectivity index (χ4v) is 3.23. The number of hydrogen-bond donors (Lipinski definition) is 0. The second kappa shape index (κ2) is 12.9. The van der Waals surface area contributed by atoms with E-state index in [1.807, 2.05) is 31.2 Å². The second-order valence-electron chi connectivity index (χ2n) is 6.94. The van der Waals surface area contributed by atoms with Crippen LogP contribution in [0.1, 0.15) is 38.3 Å². The molecule has 0 amide bonds. The molecule has 0 aliphatic carbocycles. The predicted molar refractivity (Wildman–Crippen MR) is 111 cm³/mol. The van der Waals surface area contributed by atoms with Crippen LogP contribution in [0.15, 0.2) is 48.7 Å². The lowest BCUT2D eigenvalue weighted by molar-refractivity contribution is 0.158. The van der Waals surface area contributed by atoms with E-state index in [-0.39, 0.29) is 0 Å². The van der Waals surface area contributed by atoms with E-state index in [1.54, 1.807) is 32.9 Å². The Balaban J connectivity index is 1.57. The van der Waals surface area contributed by atoms with Crippen molar-refractivity contribution in [3.63, 3.8) is 0 Å². The zero-order valence-electron chi connectivity index (χ0n) is 17.3. The molecule has 6 heteroatoms. The summed E-state index contributed by atoms with van der Waals surface area (Å²) in [6.45, 7) is 5.70. The van der Waals surface area contributed by atoms with Crippen LogP contribution in [-0.4, -0.2) is 48.8 Å². The Morgan fingerprint density at radius 2 is 1.93 bits per heavy atom. The molecule has 1 aliphatic rings. The number of ether oxygens (including phenoxy) is 3. The van der Waals surface area contributed by atoms with Gasteiger partial charge in [0.1, 0.15) is 5.69 Å². The van der Waals surface area contributed by atoms with Crippen molar-refractivity contribution in [3.05, 3.63) is 54.4 Å². The number of hydrogen-bond acceptors (Lipinski definition) is 6. The summed E-state index contributed by atoms with van der Waals surface area (Å²) >= 11 is 0. The van der Waals surface area contributed by atoms with Crippen molar-refractivity contribution in [2.24, 2.45) is 5.92 Å². The van der Waals surface area contributed by atoms with E-state index in [2.05, 4.69) is 14.9 Å². The van der Waals surface area contributed by atoms with Gasteiger partial charge >= 0.3 is 0 Å². The maximum absolute atomic E-state index is 5.56. The van der Waals surface area contributed by atoms with Gasteiger partial charge in [-0.25, -0.2) is 4.98 Å². The minimum absolute atomic E-state index is 0.634. The molecule has 6 nitrogen and oxygen atoms in total. The SMILES string of the molecule is CO/C(C)=C/C=C\C=C\OCCCC1CCN(Cc2nccnc2OC)CC1. The van der Waals surface area contributed by atoms with E-state index < -0.39 is 0 Å². The lowest BCUT2D eigenvalue weighted by Gasteiger charge is -2.31. The summed E-state index contributed by atoms with van der Waals surface area (Å²) in [6.07, 6.45) is 17.6. The Morgan fingerprint density at radius 3 is 2.68 bits per heavy atom. The van der Waals surface area contributed by atoms with Crippen molar-refractivity contribution in [1.29, 1.82) is 0 Å². The molecule has 0 saturated carbocycles. The molecular formula is C22H33N3O3. The van der Waals surface area contributed by atoms with E-state index in [1.165, 1.54) is 19.3 Å². The average molecular weight is 388 g/mol. The van der Waals surface area contributed by atoms with Gasteiger partial charge in [0, 0.05) is 18.9 Å². The molecule has 0 bridgehead atoms. The van der Waals surface area contributed by atoms with Crippen LogP contribution in [-0.2, 0) is 16.0 Å². The topological polar surface area (TPSA) is 56.7 Å². The fraction of sp³-hybridized carbons (Fsp3) is 0.545. The Labute approximate surface area is 168 Å². The highest BCUT2D eigenvalue weighted by molar-refractivity contribution is 5.17. The number of nitrogens with zero attached hydrogens (tertiary/aromatic N) is 3. The number of likely N-dealkylation sites (tertiary alicyclic amines) is 1. The van der Waals surface area contributed by atoms with Crippen molar-refractivity contribution >= 4 is 0 Å². The summed E-state index contributed by atoms with van der Waals surface area (Å²) in [5, 5.41) is 0. The van der Waals surface area contributed by atoms with Crippen molar-refractivity contribution in [1.82, 2.24) is 14.9 Å². The molecule has 28 heavy (non-hydrogen) atoms. The maximum atomic E-state index is 5.56. The quantitative estimate of drug-likeness (QED) is 0.323. The Morgan fingerprint density at radius 1 is 1.14 bits per heavy atom. The number of methoxy groups -OCH3 is 2. The molecule has 1 aromatic heterocycles. The summed E-state index contributed by atoms with van der Waals surface area (Å²) < 4.78 is 15.9. The molecule has 0 radical (unpaired) electrons. The van der Waals surface area contributed by atoms with E-state index in [0.717, 1.165) is 50.0 Å². The molecule has 1 aliphatic heterocycles. The van der Waals surface area contributed by atoms with Gasteiger partial charge in [0.05, 0.1) is 32.8 Å². The van der Waals surface area contributed by atoms with Gasteiger partial charge in [0.25, 0.3) is 0 Å². The summed E-state index contributed by atoms with van der Waals surface area (Å²) in [7, 11) is 3.31. The first-order chi connectivity index (χ1) is 13.7. The van der Waals surface area contributed by atoms with Gasteiger partial charge < -0.3 is 14.2 Å². The number of aromatic nitrogens is 2. The number of allylic oxidation sites excluding steroid dienone is 5. The van der Waals surface area contributed by atoms with E-state index >= 15 is 0 Å². The molecule has 154 valence electrons. The summed E-state index contributed by atoms with van der Waals surface area (Å²) in [5.74, 6) is 2.30. The summed E-state index contributed by atoms with van der Waals surface area (Å²) in [6, 6.07) is 0. The zero-order valence-corrected chi connectivity index (χ0v) is 17.3. The van der Waals surface area contributed by atoms with Gasteiger partial charge in [0.15, 0.2) is 0 Å². The lowest BCUT2D eigenvalue weighted by atomic mass is 9.92. The van der Waals surface area contributed by atoms with Crippen LogP contribution in [0.3, 0.4) is 0 Å². The van der Waals surface area contributed by atoms with Gasteiger partial charge in [0.2, 0.25) is 5.88 Å². The third kappa shape index (κ3) is 8.13. The fourth-order valence-electron chi connectivity index (χ4n) is 3.23. The van der Waals surface area contributed by atoms with Gasteiger partial charge in [-0.05, 0) is 63.8 Å². The Kier molecular flexibility index (Phi) is 10.1. The van der Waals surface area contributed by atoms with Crippen LogP contribution >= 0.6 is 0 Å². The molecule has 0 atom stereocenters. The third-order valence-corrected chi connectivity index (χ3v) is 4.93. The van der Waals surface area contributed by atoms with Crippen molar-refractivity contribution in [2.45, 2.75) is 39.2 Å². The van der Waals surface area contributed by atoms with Crippen LogP contribution in [0, 0.1) is 5.92 Å². The lowest BCUT2D eigenvalue weighted by Crippen LogP contribution is -2.33. The van der Waals surface area contributed by atoms with Crippen LogP contribution in [0.2, 0.25) is 0 Å². The van der Waals surface area contributed by atoms with Crippen LogP contribution in [0.5, 0.6) is 5.88 Å². The van der Waals surface area contributed by atoms with E-state index in [4.69, 9.17) is 14.2 Å². The molecule has 1 saturated heterocycles. The zero-order chi connectivity index (χ0) is 20.0. The predicted octanol–water partition coefficient (Wildman–Crippen LogP) is 4.11. The average Bonchev–Trinajstić information content (AvgIpc) is 2.73. The van der Waals surface area contributed by atoms with Crippen molar-refractivity contribution in [3.8, 4) is 5.88 Å². The smallest absolute Gasteiger partial charge is 0.236 e. The summed E-state index contributed by atoms with van der Waals surface area (Å²) in [5.41, 5.74) is 0.922. The van der Waals surface area contributed by atoms with Gasteiger partial charge in [-0.3, -0.25) is 9.88 Å². The molecule has 2 heterocycles. The molecule has 1 aromatic rings. The van der Waals surface area contributed by atoms with E-state index in [9.17, 15) is 0 Å². The molecule has 0 N–H and O–H groups in total. The normalized spacial score (nSPS) is 16.8. The number of piperidine rings is 1. The van der Waals surface area contributed by atoms with Crippen LogP contribution in [0.25, 0.3) is 0 Å². The monoisotopic (exact) mass is 387 g/mol. The van der Waals surface area contributed by atoms with Crippen LogP contribution < -0.4 is 4.74 Å². The Bertz CT molecular complexity index is 650. The van der Waals surface area contributed by atoms with Crippen LogP contribution in [0.4, 0.5) is 0 Å². The van der Waals surface area contributed by atoms with E-state index in [0.29, 0.717) is 5.88 Å². The highest BCUT2D eigenvalue weighted by atomic mass is 16.5. The standard InChI is InChI=1S/C22H33N3O3/c1-19(26-2)8-5-4-6-16-28-17-7-9-20-10-14-25(15-11-20)18-21-22(27-3)24-13-12-23-21/h4-6,8,12-13,16,20H,7,9-11,14-15,17-18H2,1-3H3/b5-4-,16-6+,19-8+. The number of rotatable bonds is 11. The molecule has 0 aromatic carbocycles. The first-order valence-electron chi connectivity index (χ1n) is 9.95. The largest absolute Gasteiger partial charge is 0.501 e. The van der Waals surface area contributed by atoms with Gasteiger partial charge in [-0.1, -0.05) is 12.2 Å². The second-order valence-corrected chi connectivity index (χ2v) is 6.94. The first kappa shape index (κ1) is 22.0. The molecular weight excluding hydrogens is 354 g/mol. The minimum Gasteiger partial charge on any atom is -0.501 e. The molecule has 0 spiro atoms. The van der Waals surface area contributed by atoms with Crippen molar-refractivity contribution in [2.75, 3.05) is 33.9 Å². The Hall–Kier alpha value is -2.34. The maximum Gasteiger partial charge on any atom is 0.236 e. The third-order valence-electron chi connectivity index (χ3n) is 4.93. The first-order valence-corrected chi connectivity index (χ1v) is 9.95. The molecule has 2 rings (SSSR count).